The molecular formula is C64H120O17P2. The van der Waals surface area contributed by atoms with Crippen molar-refractivity contribution in [2.75, 3.05) is 39.6 Å². The average molecular weight is 1220 g/mol. The van der Waals surface area contributed by atoms with Gasteiger partial charge in [0.15, 0.2) is 12.2 Å². The van der Waals surface area contributed by atoms with Crippen LogP contribution in [0.15, 0.2) is 24.3 Å². The summed E-state index contributed by atoms with van der Waals surface area (Å²) in [5.74, 6) is -2.17. The maximum atomic E-state index is 13.0. The average Bonchev–Trinajstić information content (AvgIpc) is 3.46. The van der Waals surface area contributed by atoms with Gasteiger partial charge in [0, 0.05) is 25.7 Å². The van der Waals surface area contributed by atoms with Gasteiger partial charge in [-0.2, -0.15) is 0 Å². The number of hydrogen-bond donors (Lipinski definition) is 3. The molecule has 0 aliphatic carbocycles. The van der Waals surface area contributed by atoms with Crippen molar-refractivity contribution in [3.63, 3.8) is 0 Å². The minimum absolute atomic E-state index is 0.0854. The number of unbranched alkanes of at least 4 members (excludes halogenated alkanes) is 34. The Bertz CT molecular complexity index is 1700. The number of allylic oxidation sites excluding steroid dienone is 4. The first-order valence-corrected chi connectivity index (χ1v) is 36.1. The van der Waals surface area contributed by atoms with E-state index in [9.17, 15) is 43.2 Å². The molecule has 19 heteroatoms. The van der Waals surface area contributed by atoms with Gasteiger partial charge in [0.05, 0.1) is 26.4 Å². The van der Waals surface area contributed by atoms with Crippen LogP contribution in [0.4, 0.5) is 0 Å². The number of esters is 4. The lowest BCUT2D eigenvalue weighted by Gasteiger charge is -2.21. The molecule has 0 amide bonds. The van der Waals surface area contributed by atoms with E-state index in [1.54, 1.807) is 0 Å². The number of aliphatic hydroxyl groups is 1. The minimum atomic E-state index is -4.95. The lowest BCUT2D eigenvalue weighted by molar-refractivity contribution is -0.161. The first-order chi connectivity index (χ1) is 40.2. The van der Waals surface area contributed by atoms with Gasteiger partial charge >= 0.3 is 39.5 Å². The minimum Gasteiger partial charge on any atom is -0.462 e. The third-order valence-corrected chi connectivity index (χ3v) is 16.1. The fourth-order valence-corrected chi connectivity index (χ4v) is 10.7. The summed E-state index contributed by atoms with van der Waals surface area (Å²) >= 11 is 0. The SMILES string of the molecule is CCCCCC/C=C\C=C/CCCCCCCC(=O)O[C@H](COC(=O)CCCCCCCCCCCCC)COP(=O)(O)OC[C@@H](O)COP(=O)(O)OC[C@@H](COC(=O)CCCCCCCCCC)OC(=O)CCCCCCCCCCC. The van der Waals surface area contributed by atoms with Crippen molar-refractivity contribution in [2.45, 2.75) is 322 Å². The van der Waals surface area contributed by atoms with Crippen molar-refractivity contribution in [3.05, 3.63) is 24.3 Å². The van der Waals surface area contributed by atoms with Crippen LogP contribution in [0.1, 0.15) is 304 Å². The highest BCUT2D eigenvalue weighted by atomic mass is 31.2. The highest BCUT2D eigenvalue weighted by molar-refractivity contribution is 7.47. The summed E-state index contributed by atoms with van der Waals surface area (Å²) < 4.78 is 67.8. The fraction of sp³-hybridized carbons (Fsp3) is 0.875. The normalized spacial score (nSPS) is 14.3. The van der Waals surface area contributed by atoms with Gasteiger partial charge in [-0.3, -0.25) is 37.3 Å². The van der Waals surface area contributed by atoms with Crippen molar-refractivity contribution in [2.24, 2.45) is 0 Å². The molecular weight excluding hydrogens is 1100 g/mol. The molecule has 0 heterocycles. The molecule has 0 spiro atoms. The predicted molar refractivity (Wildman–Crippen MR) is 331 cm³/mol. The standard InChI is InChI=1S/C64H120O17P2/c1-5-9-13-17-21-25-27-28-29-30-32-35-39-43-47-51-64(69)81-60(55-75-62(67)49-45-41-37-34-31-26-22-18-14-10-6-2)57-79-83(72,73)77-53-58(65)52-76-82(70,71)78-56-59(54-74-61(66)48-44-40-36-24-20-16-12-8-4)80-63(68)50-46-42-38-33-23-19-15-11-7-3/h25,27-29,58-60,65H,5-24,26,30-57H2,1-4H3,(H,70,71)(H,72,73)/b27-25-,29-28-/t58-,59+,60+/m0/s1. The molecule has 0 aromatic carbocycles. The van der Waals surface area contributed by atoms with Crippen LogP contribution in [0.5, 0.6) is 0 Å². The molecule has 0 aromatic rings. The number of rotatable bonds is 63. The Balaban J connectivity index is 5.25. The lowest BCUT2D eigenvalue weighted by Crippen LogP contribution is -2.30. The van der Waals surface area contributed by atoms with Crippen molar-refractivity contribution >= 4 is 39.5 Å². The number of phosphoric ester groups is 2. The molecule has 5 atom stereocenters. The Kier molecular flexibility index (Phi) is 56.8. The number of phosphoric acid groups is 2. The third-order valence-electron chi connectivity index (χ3n) is 14.2. The van der Waals surface area contributed by atoms with Crippen LogP contribution in [0.3, 0.4) is 0 Å². The van der Waals surface area contributed by atoms with Crippen molar-refractivity contribution in [1.82, 2.24) is 0 Å². The smallest absolute Gasteiger partial charge is 0.462 e. The number of carbonyl (C=O) groups excluding carboxylic acids is 4. The van der Waals surface area contributed by atoms with E-state index in [1.807, 2.05) is 0 Å². The predicted octanol–water partition coefficient (Wildman–Crippen LogP) is 17.5. The molecule has 0 fully saturated rings. The van der Waals surface area contributed by atoms with Gasteiger partial charge in [0.25, 0.3) is 0 Å². The van der Waals surface area contributed by atoms with Crippen molar-refractivity contribution in [3.8, 4) is 0 Å². The van der Waals surface area contributed by atoms with E-state index >= 15 is 0 Å². The molecule has 17 nitrogen and oxygen atoms in total. The van der Waals surface area contributed by atoms with E-state index in [0.29, 0.717) is 25.7 Å². The third kappa shape index (κ3) is 58.3. The fourth-order valence-electron chi connectivity index (χ4n) is 9.09. The van der Waals surface area contributed by atoms with Crippen LogP contribution in [0, 0.1) is 0 Å². The number of ether oxygens (including phenoxy) is 4. The van der Waals surface area contributed by atoms with Crippen LogP contribution in [0.2, 0.25) is 0 Å². The monoisotopic (exact) mass is 1220 g/mol. The molecule has 83 heavy (non-hydrogen) atoms. The Morgan fingerprint density at radius 3 is 0.880 bits per heavy atom. The van der Waals surface area contributed by atoms with E-state index in [2.05, 4.69) is 52.0 Å². The van der Waals surface area contributed by atoms with E-state index in [-0.39, 0.29) is 25.7 Å². The molecule has 3 N–H and O–H groups in total. The topological polar surface area (TPSA) is 237 Å². The molecule has 2 unspecified atom stereocenters. The molecule has 0 saturated carbocycles. The van der Waals surface area contributed by atoms with Gasteiger partial charge in [-0.1, -0.05) is 251 Å². The van der Waals surface area contributed by atoms with Gasteiger partial charge in [-0.15, -0.1) is 0 Å². The van der Waals surface area contributed by atoms with Crippen LogP contribution in [0.25, 0.3) is 0 Å². The first-order valence-electron chi connectivity index (χ1n) is 33.1. The number of hydrogen-bond acceptors (Lipinski definition) is 15. The van der Waals surface area contributed by atoms with Crippen LogP contribution in [-0.4, -0.2) is 96.7 Å². The zero-order chi connectivity index (χ0) is 61.2. The Hall–Kier alpha value is -2.46. The van der Waals surface area contributed by atoms with E-state index in [0.717, 1.165) is 109 Å². The molecule has 0 saturated heterocycles. The van der Waals surface area contributed by atoms with Crippen LogP contribution >= 0.6 is 15.6 Å². The highest BCUT2D eigenvalue weighted by Gasteiger charge is 2.30. The lowest BCUT2D eigenvalue weighted by atomic mass is 10.1. The highest BCUT2D eigenvalue weighted by Crippen LogP contribution is 2.45. The zero-order valence-electron chi connectivity index (χ0n) is 52.6. The summed E-state index contributed by atoms with van der Waals surface area (Å²) in [7, 11) is -9.89. The molecule has 0 aliphatic rings. The zero-order valence-corrected chi connectivity index (χ0v) is 54.4. The molecule has 488 valence electrons. The summed E-state index contributed by atoms with van der Waals surface area (Å²) in [5, 5.41) is 10.5. The molecule has 0 aromatic heterocycles. The second-order valence-corrected chi connectivity index (χ2v) is 25.4. The first kappa shape index (κ1) is 80.5. The van der Waals surface area contributed by atoms with Gasteiger partial charge in [-0.05, 0) is 51.4 Å². The Labute approximate surface area is 503 Å². The summed E-state index contributed by atoms with van der Waals surface area (Å²) in [6.45, 7) is 4.78. The summed E-state index contributed by atoms with van der Waals surface area (Å²) in [6, 6.07) is 0. The Morgan fingerprint density at radius 1 is 0.337 bits per heavy atom. The molecule has 0 rings (SSSR count). The van der Waals surface area contributed by atoms with Crippen molar-refractivity contribution in [1.29, 1.82) is 0 Å². The maximum absolute atomic E-state index is 13.0. The molecule has 0 bridgehead atoms. The maximum Gasteiger partial charge on any atom is 0.472 e. The second kappa shape index (κ2) is 58.6. The van der Waals surface area contributed by atoms with Crippen molar-refractivity contribution < 1.29 is 80.2 Å². The number of aliphatic hydroxyl groups excluding tert-OH is 1. The van der Waals surface area contributed by atoms with E-state index in [4.69, 9.17) is 37.0 Å². The summed E-state index contributed by atoms with van der Waals surface area (Å²) in [6.07, 6.45) is 46.6. The van der Waals surface area contributed by atoms with Gasteiger partial charge < -0.3 is 33.8 Å². The molecule has 0 aliphatic heterocycles. The molecule has 0 radical (unpaired) electrons. The summed E-state index contributed by atoms with van der Waals surface area (Å²) in [5.41, 5.74) is 0. The second-order valence-electron chi connectivity index (χ2n) is 22.5. The Morgan fingerprint density at radius 2 is 0.578 bits per heavy atom. The van der Waals surface area contributed by atoms with Gasteiger partial charge in [-0.25, -0.2) is 9.13 Å². The van der Waals surface area contributed by atoms with Crippen LogP contribution in [-0.2, 0) is 65.4 Å². The van der Waals surface area contributed by atoms with E-state index < -0.39 is 97.5 Å². The van der Waals surface area contributed by atoms with Crippen LogP contribution < -0.4 is 0 Å². The van der Waals surface area contributed by atoms with E-state index in [1.165, 1.54) is 116 Å². The quantitative estimate of drug-likeness (QED) is 0.0169. The number of carbonyl (C=O) groups is 4. The van der Waals surface area contributed by atoms with Gasteiger partial charge in [0.1, 0.15) is 19.3 Å². The van der Waals surface area contributed by atoms with Gasteiger partial charge in [0.2, 0.25) is 0 Å². The summed E-state index contributed by atoms with van der Waals surface area (Å²) in [4.78, 5) is 72.1. The largest absolute Gasteiger partial charge is 0.472 e.